The third-order valence-corrected chi connectivity index (χ3v) is 15.6. The first kappa shape index (κ1) is 41.0. The average molecular weight is 938 g/mol. The Labute approximate surface area is 368 Å². The third-order valence-electron chi connectivity index (χ3n) is 14.6. The number of urea groups is 1. The van der Waals surface area contributed by atoms with Crippen molar-refractivity contribution in [2.24, 2.45) is 21.6 Å². The van der Waals surface area contributed by atoms with Crippen molar-refractivity contribution in [1.29, 1.82) is 0 Å². The lowest BCUT2D eigenvalue weighted by Crippen LogP contribution is -2.56. The molecule has 6 aliphatic rings. The number of nitrogens with one attached hydrogen (secondary N) is 1. The number of rotatable bonds is 6. The highest BCUT2D eigenvalue weighted by Crippen LogP contribution is 2.63. The Kier molecular flexibility index (Phi) is 10.8. The van der Waals surface area contributed by atoms with E-state index in [2.05, 4.69) is 61.4 Å². The van der Waals surface area contributed by atoms with E-state index in [1.807, 2.05) is 72.8 Å². The van der Waals surface area contributed by atoms with Gasteiger partial charge in [0.2, 0.25) is 0 Å². The van der Waals surface area contributed by atoms with E-state index in [0.717, 1.165) is 101 Å². The van der Waals surface area contributed by atoms with Crippen molar-refractivity contribution in [3.05, 3.63) is 139 Å². The number of amides is 4. The van der Waals surface area contributed by atoms with Crippen LogP contribution in [0, 0.1) is 10.8 Å². The highest BCUT2D eigenvalue weighted by molar-refractivity contribution is 9.10. The third kappa shape index (κ3) is 6.46. The Bertz CT molecular complexity index is 2300. The van der Waals surface area contributed by atoms with Gasteiger partial charge in [-0.3, -0.25) is 19.4 Å². The molecule has 0 radical (unpaired) electrons. The molecule has 312 valence electrons. The molecule has 0 aromatic heterocycles. The van der Waals surface area contributed by atoms with Crippen molar-refractivity contribution in [3.63, 3.8) is 0 Å². The summed E-state index contributed by atoms with van der Waals surface area (Å²) in [4.78, 5) is 49.4. The molecule has 4 aromatic carbocycles. The van der Waals surface area contributed by atoms with E-state index in [1.165, 1.54) is 10.5 Å². The fraction of sp³-hybridized carbons (Fsp3) is 0.417. The largest absolute Gasteiger partial charge is 0.381 e. The van der Waals surface area contributed by atoms with Crippen LogP contribution in [0.15, 0.2) is 111 Å². The van der Waals surface area contributed by atoms with Crippen molar-refractivity contribution in [2.45, 2.75) is 101 Å². The van der Waals surface area contributed by atoms with Crippen LogP contribution >= 0.6 is 31.9 Å². The molecule has 4 aromatic rings. The predicted molar refractivity (Wildman–Crippen MR) is 237 cm³/mol. The van der Waals surface area contributed by atoms with Crippen molar-refractivity contribution in [2.75, 3.05) is 14.2 Å². The smallest absolute Gasteiger partial charge is 0.325 e. The fourth-order valence-corrected chi connectivity index (χ4v) is 12.3. The number of guanidine groups is 1. The van der Waals surface area contributed by atoms with Crippen molar-refractivity contribution < 1.29 is 23.9 Å². The van der Waals surface area contributed by atoms with Crippen LogP contribution in [0.2, 0.25) is 0 Å². The average Bonchev–Trinajstić information content (AvgIpc) is 3.87. The molecule has 3 fully saturated rings. The Morgan fingerprint density at radius 1 is 0.667 bits per heavy atom. The lowest BCUT2D eigenvalue weighted by atomic mass is 9.61. The lowest BCUT2D eigenvalue weighted by Gasteiger charge is -2.46. The number of hydrogen-bond acceptors (Lipinski definition) is 7. The summed E-state index contributed by atoms with van der Waals surface area (Å²) in [6, 6.07) is 31.8. The lowest BCUT2D eigenvalue weighted by molar-refractivity contribution is -0.139. The van der Waals surface area contributed by atoms with Gasteiger partial charge in [0.15, 0.2) is 17.0 Å². The normalized spacial score (nSPS) is 30.2. The molecule has 12 heteroatoms. The van der Waals surface area contributed by atoms with Gasteiger partial charge >= 0.3 is 6.03 Å². The molecule has 2 heterocycles. The number of halogens is 2. The van der Waals surface area contributed by atoms with E-state index < -0.39 is 11.1 Å². The van der Waals surface area contributed by atoms with Crippen LogP contribution in [0.1, 0.15) is 84.7 Å². The monoisotopic (exact) mass is 935 g/mol. The second kappa shape index (κ2) is 15.8. The number of nitrogens with two attached hydrogens (primary N) is 1. The maximum absolute atomic E-state index is 14.1. The molecule has 2 atom stereocenters. The number of imide groups is 1. The van der Waals surface area contributed by atoms with Gasteiger partial charge in [-0.25, -0.2) is 9.79 Å². The minimum Gasteiger partial charge on any atom is -0.381 e. The molecule has 2 saturated carbocycles. The van der Waals surface area contributed by atoms with Gasteiger partial charge in [0.05, 0.1) is 25.3 Å². The molecule has 10 rings (SSSR count). The summed E-state index contributed by atoms with van der Waals surface area (Å²) in [6.45, 7) is 0.726. The zero-order valence-corrected chi connectivity index (χ0v) is 37.3. The summed E-state index contributed by atoms with van der Waals surface area (Å²) in [5.41, 5.74) is 10.2. The van der Waals surface area contributed by atoms with Crippen LogP contribution in [0.4, 0.5) is 4.79 Å². The molecule has 1 saturated heterocycles. The Hall–Kier alpha value is -4.36. The first-order valence-electron chi connectivity index (χ1n) is 21.0. The van der Waals surface area contributed by atoms with Gasteiger partial charge in [-0.2, -0.15) is 0 Å². The fourth-order valence-electron chi connectivity index (χ4n) is 11.5. The molecule has 3 N–H and O–H groups in total. The van der Waals surface area contributed by atoms with Crippen molar-refractivity contribution >= 4 is 55.7 Å². The van der Waals surface area contributed by atoms with Crippen LogP contribution in [-0.2, 0) is 56.1 Å². The zero-order valence-electron chi connectivity index (χ0n) is 34.1. The van der Waals surface area contributed by atoms with Gasteiger partial charge in [-0.15, -0.1) is 0 Å². The van der Waals surface area contributed by atoms with Crippen LogP contribution in [-0.4, -0.2) is 60.0 Å². The number of fused-ring (bicyclic) bond motifs is 6. The molecular weight excluding hydrogens is 886 g/mol. The molecule has 10 nitrogen and oxygen atoms in total. The number of aliphatic imine (C=N–C) groups is 1. The number of nitrogens with zero attached hydrogens (tertiary/aromatic N) is 3. The maximum Gasteiger partial charge on any atom is 0.325 e. The van der Waals surface area contributed by atoms with E-state index in [-0.39, 0.29) is 47.4 Å². The maximum atomic E-state index is 14.1. The number of carbonyl (C=O) groups is 3. The molecule has 4 amide bonds. The standard InChI is InChI=1S/C24H26BrN3O2.C24H25BrN2O3/c1-30-19-9-11-23(12-10-19)14-17-7-8-18(25)13-20(17)24(23)21(29)28(22(26)27-24)15-16-5-3-2-4-6-16;1-30-19-9-11-23(12-10-19)14-17-7-8-18(25)13-20(17)24(23)21(28)27(22(29)26-24)15-16-5-3-2-4-6-16/h2-8,13,19H,9-12,14-15H2,1H3,(H2,26,27);2-8,13,19H,9-12,14-15H2,1H3,(H,26,29). The van der Waals surface area contributed by atoms with Gasteiger partial charge in [0.1, 0.15) is 0 Å². The second-order valence-electron chi connectivity index (χ2n) is 17.5. The molecular formula is C48H51Br2N5O5. The SMILES string of the molecule is COC1CCC2(CC1)Cc1ccc(Br)cc1C21N=C(N)N(Cc2ccccc2)C1=O.COC1CCC2(CC1)Cc1ccc(Br)cc1C21NC(=O)N(Cc2ccccc2)C1=O. The molecule has 60 heavy (non-hydrogen) atoms. The van der Waals surface area contributed by atoms with E-state index in [0.29, 0.717) is 12.5 Å². The topological polar surface area (TPSA) is 127 Å². The number of benzene rings is 4. The highest BCUT2D eigenvalue weighted by atomic mass is 79.9. The summed E-state index contributed by atoms with van der Waals surface area (Å²) in [7, 11) is 3.53. The first-order chi connectivity index (χ1) is 29.0. The number of ether oxygens (including phenoxy) is 2. The van der Waals surface area contributed by atoms with Crippen LogP contribution in [0.25, 0.3) is 0 Å². The number of hydrogen-bond donors (Lipinski definition) is 2. The molecule has 0 bridgehead atoms. The van der Waals surface area contributed by atoms with Gasteiger partial charge in [0.25, 0.3) is 11.8 Å². The van der Waals surface area contributed by atoms with E-state index in [4.69, 9.17) is 20.2 Å². The first-order valence-corrected chi connectivity index (χ1v) is 22.6. The minimum atomic E-state index is -1.00. The van der Waals surface area contributed by atoms with Crippen LogP contribution < -0.4 is 11.1 Å². The Morgan fingerprint density at radius 2 is 1.15 bits per heavy atom. The van der Waals surface area contributed by atoms with E-state index >= 15 is 0 Å². The second-order valence-corrected chi connectivity index (χ2v) is 19.3. The number of carbonyl (C=O) groups excluding carboxylic acids is 3. The molecule has 2 aliphatic heterocycles. The van der Waals surface area contributed by atoms with Gasteiger partial charge in [-0.05, 0) is 122 Å². The van der Waals surface area contributed by atoms with Crippen LogP contribution in [0.5, 0.6) is 0 Å². The predicted octanol–water partition coefficient (Wildman–Crippen LogP) is 8.66. The summed E-state index contributed by atoms with van der Waals surface area (Å²) >= 11 is 7.18. The van der Waals surface area contributed by atoms with E-state index in [9.17, 15) is 14.4 Å². The summed E-state index contributed by atoms with van der Waals surface area (Å²) in [5.74, 6) is 0.213. The Balaban J connectivity index is 0.000000154. The van der Waals surface area contributed by atoms with Gasteiger partial charge in [0, 0.05) is 34.0 Å². The molecule has 4 aliphatic carbocycles. The number of methoxy groups -OCH3 is 2. The zero-order chi connectivity index (χ0) is 41.9. The van der Waals surface area contributed by atoms with E-state index in [1.54, 1.807) is 19.1 Å². The molecule has 4 spiro atoms. The van der Waals surface area contributed by atoms with Crippen molar-refractivity contribution in [1.82, 2.24) is 15.1 Å². The summed E-state index contributed by atoms with van der Waals surface area (Å²) in [6.07, 6.45) is 9.31. The van der Waals surface area contributed by atoms with Gasteiger partial charge in [-0.1, -0.05) is 105 Å². The van der Waals surface area contributed by atoms with Gasteiger partial charge < -0.3 is 20.5 Å². The summed E-state index contributed by atoms with van der Waals surface area (Å²) in [5, 5.41) is 3.20. The van der Waals surface area contributed by atoms with Crippen LogP contribution in [0.3, 0.4) is 0 Å². The quantitative estimate of drug-likeness (QED) is 0.187. The summed E-state index contributed by atoms with van der Waals surface area (Å²) < 4.78 is 13.1. The highest BCUT2D eigenvalue weighted by Gasteiger charge is 2.69. The van der Waals surface area contributed by atoms with Crippen molar-refractivity contribution in [3.8, 4) is 0 Å². The Morgan fingerprint density at radius 3 is 1.70 bits per heavy atom. The minimum absolute atomic E-state index is 0.0107. The molecule has 2 unspecified atom stereocenters.